The molecular weight excluding hydrogens is 224 g/mol. The molecule has 0 aliphatic rings. The zero-order valence-corrected chi connectivity index (χ0v) is 9.41. The molecule has 0 fully saturated rings. The molecule has 0 aliphatic heterocycles. The molecule has 0 atom stereocenters. The summed E-state index contributed by atoms with van der Waals surface area (Å²) in [5.41, 5.74) is 7.11. The average Bonchev–Trinajstić information content (AvgIpc) is 1.95. The number of rotatable bonds is 2. The van der Waals surface area contributed by atoms with Gasteiger partial charge in [0, 0.05) is 5.69 Å². The Morgan fingerprint density at radius 3 is 2.43 bits per heavy atom. The Hall–Kier alpha value is -0.940. The van der Waals surface area contributed by atoms with E-state index in [0.717, 1.165) is 6.26 Å². The van der Waals surface area contributed by atoms with Crippen molar-refractivity contribution in [1.82, 2.24) is 0 Å². The van der Waals surface area contributed by atoms with Crippen molar-refractivity contribution in [1.29, 1.82) is 0 Å². The van der Waals surface area contributed by atoms with Crippen molar-refractivity contribution in [3.63, 3.8) is 0 Å². The summed E-state index contributed by atoms with van der Waals surface area (Å²) in [5.74, 6) is 0. The van der Waals surface area contributed by atoms with Crippen LogP contribution in [0, 0.1) is 6.92 Å². The van der Waals surface area contributed by atoms with Crippen LogP contribution in [0.15, 0.2) is 12.1 Å². The first-order valence-corrected chi connectivity index (χ1v) is 6.10. The normalized spacial score (nSPS) is 11.4. The predicted octanol–water partition coefficient (Wildman–Crippen LogP) is 1.60. The number of hydrogen-bond acceptors (Lipinski definition) is 3. The second kappa shape index (κ2) is 3.67. The van der Waals surface area contributed by atoms with E-state index < -0.39 is 10.0 Å². The second-order valence-corrected chi connectivity index (χ2v) is 5.22. The summed E-state index contributed by atoms with van der Waals surface area (Å²) >= 11 is 5.83. The lowest BCUT2D eigenvalue weighted by atomic mass is 10.2. The maximum absolute atomic E-state index is 11.0. The molecule has 1 rings (SSSR count). The Bertz CT molecular complexity index is 433. The van der Waals surface area contributed by atoms with Gasteiger partial charge in [-0.05, 0) is 24.6 Å². The van der Waals surface area contributed by atoms with Gasteiger partial charge in [-0.2, -0.15) is 0 Å². The molecule has 1 aromatic rings. The van der Waals surface area contributed by atoms with Crippen LogP contribution in [-0.4, -0.2) is 14.7 Å². The van der Waals surface area contributed by atoms with Gasteiger partial charge in [0.25, 0.3) is 0 Å². The molecule has 14 heavy (non-hydrogen) atoms. The number of halogens is 1. The summed E-state index contributed by atoms with van der Waals surface area (Å²) in [5, 5.41) is 0.299. The lowest BCUT2D eigenvalue weighted by molar-refractivity contribution is 0.607. The monoisotopic (exact) mass is 234 g/mol. The van der Waals surface area contributed by atoms with Gasteiger partial charge in [-0.25, -0.2) is 8.42 Å². The van der Waals surface area contributed by atoms with E-state index in [-0.39, 0.29) is 0 Å². The molecule has 1 aromatic carbocycles. The van der Waals surface area contributed by atoms with E-state index in [2.05, 4.69) is 4.72 Å². The molecule has 0 unspecified atom stereocenters. The predicted molar refractivity (Wildman–Crippen MR) is 59.1 cm³/mol. The zero-order valence-electron chi connectivity index (χ0n) is 7.83. The average molecular weight is 235 g/mol. The van der Waals surface area contributed by atoms with Crippen molar-refractivity contribution in [2.45, 2.75) is 6.92 Å². The van der Waals surface area contributed by atoms with Gasteiger partial charge in [0.15, 0.2) is 0 Å². The first-order chi connectivity index (χ1) is 6.29. The van der Waals surface area contributed by atoms with Crippen LogP contribution in [0.4, 0.5) is 11.4 Å². The molecule has 0 saturated carbocycles. The van der Waals surface area contributed by atoms with Gasteiger partial charge in [-0.3, -0.25) is 4.72 Å². The lowest BCUT2D eigenvalue weighted by Gasteiger charge is -2.10. The van der Waals surface area contributed by atoms with Crippen LogP contribution in [0.1, 0.15) is 5.56 Å². The molecule has 4 nitrogen and oxygen atoms in total. The smallest absolute Gasteiger partial charge is 0.229 e. The fourth-order valence-electron chi connectivity index (χ4n) is 1.09. The minimum absolute atomic E-state index is 0.299. The number of nitrogens with two attached hydrogens (primary N) is 1. The van der Waals surface area contributed by atoms with Crippen LogP contribution >= 0.6 is 11.6 Å². The SMILES string of the molecule is Cc1cc(N)cc(Cl)c1NS(C)(=O)=O. The quantitative estimate of drug-likeness (QED) is 0.764. The first-order valence-electron chi connectivity index (χ1n) is 3.83. The van der Waals surface area contributed by atoms with Crippen molar-refractivity contribution in [3.8, 4) is 0 Å². The molecule has 0 amide bonds. The fraction of sp³-hybridized carbons (Fsp3) is 0.250. The maximum atomic E-state index is 11.0. The highest BCUT2D eigenvalue weighted by Crippen LogP contribution is 2.28. The van der Waals surface area contributed by atoms with Gasteiger partial charge in [0.1, 0.15) is 0 Å². The largest absolute Gasteiger partial charge is 0.399 e. The third kappa shape index (κ3) is 2.78. The Morgan fingerprint density at radius 1 is 1.43 bits per heavy atom. The van der Waals surface area contributed by atoms with Crippen LogP contribution in [0.3, 0.4) is 0 Å². The number of nitrogen functional groups attached to an aromatic ring is 1. The number of sulfonamides is 1. The number of aryl methyl sites for hydroxylation is 1. The van der Waals surface area contributed by atoms with Gasteiger partial charge < -0.3 is 5.73 Å². The number of benzene rings is 1. The Labute approximate surface area is 88.1 Å². The number of hydrogen-bond donors (Lipinski definition) is 2. The molecule has 0 aliphatic carbocycles. The van der Waals surface area contributed by atoms with Crippen LogP contribution in [0.5, 0.6) is 0 Å². The van der Waals surface area contributed by atoms with E-state index in [1.807, 2.05) is 0 Å². The molecule has 0 saturated heterocycles. The van der Waals surface area contributed by atoms with Crippen molar-refractivity contribution in [3.05, 3.63) is 22.7 Å². The van der Waals surface area contributed by atoms with E-state index in [4.69, 9.17) is 17.3 Å². The van der Waals surface area contributed by atoms with E-state index >= 15 is 0 Å². The lowest BCUT2D eigenvalue weighted by Crippen LogP contribution is -2.11. The maximum Gasteiger partial charge on any atom is 0.229 e. The molecule has 0 radical (unpaired) electrons. The van der Waals surface area contributed by atoms with Gasteiger partial charge in [0.05, 0.1) is 17.0 Å². The van der Waals surface area contributed by atoms with E-state index in [1.165, 1.54) is 6.07 Å². The first kappa shape index (κ1) is 11.1. The van der Waals surface area contributed by atoms with Crippen molar-refractivity contribution >= 4 is 33.0 Å². The summed E-state index contributed by atoms with van der Waals surface area (Å²) < 4.78 is 24.3. The molecular formula is C8H11ClN2O2S. The minimum Gasteiger partial charge on any atom is -0.399 e. The highest BCUT2D eigenvalue weighted by Gasteiger charge is 2.09. The van der Waals surface area contributed by atoms with Crippen molar-refractivity contribution in [2.24, 2.45) is 0 Å². The highest BCUT2D eigenvalue weighted by atomic mass is 35.5. The summed E-state index contributed by atoms with van der Waals surface area (Å²) in [6, 6.07) is 3.15. The third-order valence-corrected chi connectivity index (χ3v) is 2.47. The Kier molecular flexibility index (Phi) is 2.92. The summed E-state index contributed by atoms with van der Waals surface area (Å²) in [6.45, 7) is 1.73. The molecule has 0 bridgehead atoms. The molecule has 0 heterocycles. The standard InChI is InChI=1S/C8H11ClN2O2S/c1-5-3-6(10)4-7(9)8(5)11-14(2,12)13/h3-4,11H,10H2,1-2H3. The second-order valence-electron chi connectivity index (χ2n) is 3.07. The van der Waals surface area contributed by atoms with Gasteiger partial charge in [0.2, 0.25) is 10.0 Å². The Morgan fingerprint density at radius 2 is 2.00 bits per heavy atom. The van der Waals surface area contributed by atoms with Crippen LogP contribution in [0.25, 0.3) is 0 Å². The summed E-state index contributed by atoms with van der Waals surface area (Å²) in [6.07, 6.45) is 1.07. The molecule has 78 valence electrons. The number of anilines is 2. The molecule has 6 heteroatoms. The topological polar surface area (TPSA) is 72.2 Å². The highest BCUT2D eigenvalue weighted by molar-refractivity contribution is 7.92. The van der Waals surface area contributed by atoms with Crippen LogP contribution in [-0.2, 0) is 10.0 Å². The fourth-order valence-corrected chi connectivity index (χ4v) is 2.11. The summed E-state index contributed by atoms with van der Waals surface area (Å²) in [4.78, 5) is 0. The van der Waals surface area contributed by atoms with Crippen molar-refractivity contribution < 1.29 is 8.42 Å². The van der Waals surface area contributed by atoms with Crippen LogP contribution in [0.2, 0.25) is 5.02 Å². The van der Waals surface area contributed by atoms with Crippen LogP contribution < -0.4 is 10.5 Å². The molecule has 3 N–H and O–H groups in total. The summed E-state index contributed by atoms with van der Waals surface area (Å²) in [7, 11) is -3.31. The van der Waals surface area contributed by atoms with E-state index in [0.29, 0.717) is 22.0 Å². The van der Waals surface area contributed by atoms with Crippen molar-refractivity contribution in [2.75, 3.05) is 16.7 Å². The minimum atomic E-state index is -3.31. The number of nitrogens with one attached hydrogen (secondary N) is 1. The van der Waals surface area contributed by atoms with E-state index in [1.54, 1.807) is 13.0 Å². The molecule has 0 spiro atoms. The van der Waals surface area contributed by atoms with E-state index in [9.17, 15) is 8.42 Å². The van der Waals surface area contributed by atoms with Gasteiger partial charge in [-0.1, -0.05) is 11.6 Å². The third-order valence-electron chi connectivity index (χ3n) is 1.60. The van der Waals surface area contributed by atoms with Gasteiger partial charge in [-0.15, -0.1) is 0 Å². The molecule has 0 aromatic heterocycles. The zero-order chi connectivity index (χ0) is 10.9. The van der Waals surface area contributed by atoms with Gasteiger partial charge >= 0.3 is 0 Å². The Balaban J connectivity index is 3.22.